The van der Waals surface area contributed by atoms with E-state index in [0.717, 1.165) is 22.5 Å². The van der Waals surface area contributed by atoms with Crippen LogP contribution in [0, 0.1) is 0 Å². The van der Waals surface area contributed by atoms with Crippen molar-refractivity contribution in [1.29, 1.82) is 0 Å². The lowest BCUT2D eigenvalue weighted by Crippen LogP contribution is -2.08. The summed E-state index contributed by atoms with van der Waals surface area (Å²) < 4.78 is 0. The van der Waals surface area contributed by atoms with Crippen LogP contribution in [0.5, 0.6) is 0 Å². The minimum atomic E-state index is -1.45. The topological polar surface area (TPSA) is 70.2 Å². The normalized spacial score (nSPS) is 11.0. The van der Waals surface area contributed by atoms with Gasteiger partial charge in [0.1, 0.15) is 0 Å². The van der Waals surface area contributed by atoms with E-state index in [0.29, 0.717) is 0 Å². The number of hydrogen-bond donors (Lipinski definition) is 2. The van der Waals surface area contributed by atoms with Gasteiger partial charge in [0.15, 0.2) is 0 Å². The maximum Gasteiger partial charge on any atom is 0.376 e. The Morgan fingerprint density at radius 2 is 2.00 bits per heavy atom. The van der Waals surface area contributed by atoms with Crippen molar-refractivity contribution in [2.75, 3.05) is 0 Å². The number of H-pyrrole nitrogens is 1. The van der Waals surface area contributed by atoms with E-state index >= 15 is 0 Å². The van der Waals surface area contributed by atoms with Crippen LogP contribution in [0.3, 0.4) is 0 Å². The lowest BCUT2D eigenvalue weighted by molar-refractivity contribution is -0.146. The highest BCUT2D eigenvalue weighted by Crippen LogP contribution is 2.18. The van der Waals surface area contributed by atoms with Gasteiger partial charge in [-0.05, 0) is 23.8 Å². The molecule has 0 saturated heterocycles. The predicted molar refractivity (Wildman–Crippen MR) is 60.0 cm³/mol. The number of aromatic nitrogens is 1. The maximum atomic E-state index is 10.9. The number of hydrogen-bond acceptors (Lipinski definition) is 2. The molecular formula is C12H9NO3. The van der Waals surface area contributed by atoms with Gasteiger partial charge in [-0.15, -0.1) is 0 Å². The first-order valence-corrected chi connectivity index (χ1v) is 4.70. The van der Waals surface area contributed by atoms with Gasteiger partial charge < -0.3 is 10.1 Å². The van der Waals surface area contributed by atoms with Gasteiger partial charge in [-0.3, -0.25) is 4.79 Å². The molecule has 16 heavy (non-hydrogen) atoms. The third-order valence-electron chi connectivity index (χ3n) is 2.25. The number of carbonyl (C=O) groups is 2. The van der Waals surface area contributed by atoms with Crippen LogP contribution < -0.4 is 0 Å². The summed E-state index contributed by atoms with van der Waals surface area (Å²) in [5.41, 5.74) is 1.75. The van der Waals surface area contributed by atoms with Gasteiger partial charge in [0, 0.05) is 17.1 Å². The van der Waals surface area contributed by atoms with E-state index in [2.05, 4.69) is 4.98 Å². The Labute approximate surface area is 91.2 Å². The highest BCUT2D eigenvalue weighted by atomic mass is 16.4. The van der Waals surface area contributed by atoms with Crippen LogP contribution in [0.4, 0.5) is 0 Å². The van der Waals surface area contributed by atoms with Crippen LogP contribution in [-0.2, 0) is 9.59 Å². The lowest BCUT2D eigenvalue weighted by atomic mass is 10.1. The zero-order valence-corrected chi connectivity index (χ0v) is 8.31. The fourth-order valence-corrected chi connectivity index (χ4v) is 1.47. The van der Waals surface area contributed by atoms with Crippen molar-refractivity contribution in [2.45, 2.75) is 0 Å². The number of carboxylic acids is 1. The van der Waals surface area contributed by atoms with Crippen molar-refractivity contribution in [2.24, 2.45) is 0 Å². The molecule has 0 radical (unpaired) electrons. The van der Waals surface area contributed by atoms with Crippen LogP contribution in [-0.4, -0.2) is 21.8 Å². The Balaban J connectivity index is 2.35. The van der Waals surface area contributed by atoms with E-state index < -0.39 is 11.8 Å². The minimum Gasteiger partial charge on any atom is -0.475 e. The zero-order chi connectivity index (χ0) is 11.5. The molecule has 0 aliphatic rings. The molecule has 0 aliphatic heterocycles. The average Bonchev–Trinajstić information content (AvgIpc) is 2.69. The first kappa shape index (κ1) is 10.2. The van der Waals surface area contributed by atoms with Gasteiger partial charge in [-0.1, -0.05) is 18.2 Å². The largest absolute Gasteiger partial charge is 0.475 e. The number of ketones is 1. The van der Waals surface area contributed by atoms with Crippen LogP contribution >= 0.6 is 0 Å². The Bertz CT molecular complexity index is 581. The van der Waals surface area contributed by atoms with E-state index in [-0.39, 0.29) is 0 Å². The summed E-state index contributed by atoms with van der Waals surface area (Å²) in [5.74, 6) is -2.37. The van der Waals surface area contributed by atoms with Crippen LogP contribution in [0.15, 0.2) is 36.5 Å². The Morgan fingerprint density at radius 1 is 1.25 bits per heavy atom. The SMILES string of the molecule is O=C(O)C(=O)/C=C/c1c[nH]c2ccccc12. The number of benzene rings is 1. The van der Waals surface area contributed by atoms with Crippen LogP contribution in [0.25, 0.3) is 17.0 Å². The first-order valence-electron chi connectivity index (χ1n) is 4.70. The monoisotopic (exact) mass is 215 g/mol. The Morgan fingerprint density at radius 3 is 2.75 bits per heavy atom. The third kappa shape index (κ3) is 1.86. The molecule has 0 fully saturated rings. The van der Waals surface area contributed by atoms with Crippen molar-refractivity contribution in [3.8, 4) is 0 Å². The van der Waals surface area contributed by atoms with E-state index in [1.165, 1.54) is 6.08 Å². The predicted octanol–water partition coefficient (Wildman–Crippen LogP) is 1.83. The Hall–Kier alpha value is -2.36. The molecule has 80 valence electrons. The quantitative estimate of drug-likeness (QED) is 0.606. The smallest absolute Gasteiger partial charge is 0.376 e. The number of fused-ring (bicyclic) bond motifs is 1. The molecular weight excluding hydrogens is 206 g/mol. The second-order valence-corrected chi connectivity index (χ2v) is 3.29. The molecule has 0 atom stereocenters. The number of nitrogens with one attached hydrogen (secondary N) is 1. The standard InChI is InChI=1S/C12H9NO3/c14-11(12(15)16)6-5-8-7-13-10-4-2-1-3-9(8)10/h1-7,13H,(H,15,16)/b6-5+. The van der Waals surface area contributed by atoms with E-state index in [9.17, 15) is 9.59 Å². The van der Waals surface area contributed by atoms with E-state index in [1.54, 1.807) is 6.20 Å². The van der Waals surface area contributed by atoms with Crippen LogP contribution in [0.1, 0.15) is 5.56 Å². The van der Waals surface area contributed by atoms with Gasteiger partial charge in [0.05, 0.1) is 0 Å². The number of aliphatic carboxylic acids is 1. The fraction of sp³-hybridized carbons (Fsp3) is 0. The van der Waals surface area contributed by atoms with Gasteiger partial charge in [-0.2, -0.15) is 0 Å². The summed E-state index contributed by atoms with van der Waals surface area (Å²) in [7, 11) is 0. The highest BCUT2D eigenvalue weighted by Gasteiger charge is 2.06. The number of rotatable bonds is 3. The molecule has 0 unspecified atom stereocenters. The summed E-state index contributed by atoms with van der Waals surface area (Å²) >= 11 is 0. The van der Waals surface area contributed by atoms with Gasteiger partial charge >= 0.3 is 5.97 Å². The number of carboxylic acid groups (broad SMARTS) is 1. The number of para-hydroxylation sites is 1. The average molecular weight is 215 g/mol. The van der Waals surface area contributed by atoms with E-state index in [4.69, 9.17) is 5.11 Å². The van der Waals surface area contributed by atoms with Gasteiger partial charge in [0.2, 0.25) is 0 Å². The van der Waals surface area contributed by atoms with Crippen molar-refractivity contribution in [3.05, 3.63) is 42.1 Å². The molecule has 4 heteroatoms. The molecule has 0 saturated carbocycles. The van der Waals surface area contributed by atoms with Crippen molar-refractivity contribution < 1.29 is 14.7 Å². The van der Waals surface area contributed by atoms with Crippen molar-refractivity contribution >= 4 is 28.7 Å². The van der Waals surface area contributed by atoms with Gasteiger partial charge in [0.25, 0.3) is 5.78 Å². The molecule has 2 N–H and O–H groups in total. The summed E-state index contributed by atoms with van der Waals surface area (Å²) in [5, 5.41) is 9.37. The first-order chi connectivity index (χ1) is 7.68. The molecule has 0 spiro atoms. The van der Waals surface area contributed by atoms with Crippen molar-refractivity contribution in [1.82, 2.24) is 4.98 Å². The molecule has 1 aromatic carbocycles. The molecule has 1 heterocycles. The third-order valence-corrected chi connectivity index (χ3v) is 2.25. The Kier molecular flexibility index (Phi) is 2.55. The molecule has 2 aromatic rings. The zero-order valence-electron chi connectivity index (χ0n) is 8.31. The van der Waals surface area contributed by atoms with Crippen molar-refractivity contribution in [3.63, 3.8) is 0 Å². The minimum absolute atomic E-state index is 0.796. The number of aromatic amines is 1. The van der Waals surface area contributed by atoms with Gasteiger partial charge in [-0.25, -0.2) is 4.79 Å². The second-order valence-electron chi connectivity index (χ2n) is 3.29. The van der Waals surface area contributed by atoms with Crippen LogP contribution in [0.2, 0.25) is 0 Å². The number of carbonyl (C=O) groups excluding carboxylic acids is 1. The molecule has 2 rings (SSSR count). The molecule has 1 aromatic heterocycles. The summed E-state index contributed by atoms with van der Waals surface area (Å²) in [4.78, 5) is 24.2. The highest BCUT2D eigenvalue weighted by molar-refractivity contribution is 6.38. The van der Waals surface area contributed by atoms with E-state index in [1.807, 2.05) is 24.3 Å². The lowest BCUT2D eigenvalue weighted by Gasteiger charge is -1.90. The maximum absolute atomic E-state index is 10.9. The molecule has 0 aliphatic carbocycles. The molecule has 4 nitrogen and oxygen atoms in total. The summed E-state index contributed by atoms with van der Waals surface area (Å²) in [6.07, 6.45) is 4.28. The summed E-state index contributed by atoms with van der Waals surface area (Å²) in [6, 6.07) is 7.59. The second kappa shape index (κ2) is 4.02. The summed E-state index contributed by atoms with van der Waals surface area (Å²) in [6.45, 7) is 0. The fourth-order valence-electron chi connectivity index (χ4n) is 1.47. The molecule has 0 bridgehead atoms. The molecule has 0 amide bonds.